The van der Waals surface area contributed by atoms with E-state index in [9.17, 15) is 4.79 Å². The Kier molecular flexibility index (Phi) is 4.56. The Morgan fingerprint density at radius 3 is 2.65 bits per heavy atom. The monoisotopic (exact) mass is 271 g/mol. The van der Waals surface area contributed by atoms with Crippen LogP contribution in [0.15, 0.2) is 36.5 Å². The molecule has 1 heterocycles. The molecular weight excluding hydrogens is 250 g/mol. The first kappa shape index (κ1) is 14.3. The van der Waals surface area contributed by atoms with Gasteiger partial charge in [-0.25, -0.2) is 0 Å². The number of hydrogen-bond donors (Lipinski definition) is 1. The van der Waals surface area contributed by atoms with Crippen molar-refractivity contribution in [3.63, 3.8) is 0 Å². The zero-order valence-electron chi connectivity index (χ0n) is 12.3. The highest BCUT2D eigenvalue weighted by Crippen LogP contribution is 2.08. The molecule has 4 heteroatoms. The molecule has 2 rings (SSSR count). The molecule has 20 heavy (non-hydrogen) atoms. The van der Waals surface area contributed by atoms with Crippen molar-refractivity contribution in [3.05, 3.63) is 53.3 Å². The summed E-state index contributed by atoms with van der Waals surface area (Å²) in [7, 11) is 1.82. The van der Waals surface area contributed by atoms with E-state index in [0.717, 1.165) is 18.5 Å². The Balaban J connectivity index is 1.87. The minimum absolute atomic E-state index is 0.0452. The van der Waals surface area contributed by atoms with Gasteiger partial charge in [-0.3, -0.25) is 9.48 Å². The van der Waals surface area contributed by atoms with E-state index in [2.05, 4.69) is 22.5 Å². The van der Waals surface area contributed by atoms with Crippen LogP contribution in [-0.4, -0.2) is 21.7 Å². The number of amides is 1. The summed E-state index contributed by atoms with van der Waals surface area (Å²) in [5, 5.41) is 7.22. The number of aromatic nitrogens is 2. The average molecular weight is 271 g/mol. The van der Waals surface area contributed by atoms with Crippen molar-refractivity contribution >= 4 is 5.91 Å². The zero-order valence-corrected chi connectivity index (χ0v) is 12.3. The lowest BCUT2D eigenvalue weighted by Gasteiger charge is -2.13. The predicted octanol–water partition coefficient (Wildman–Crippen LogP) is 2.48. The van der Waals surface area contributed by atoms with Crippen molar-refractivity contribution in [2.24, 2.45) is 7.05 Å². The second-order valence-electron chi connectivity index (χ2n) is 5.20. The lowest BCUT2D eigenvalue weighted by Crippen LogP contribution is -2.33. The number of nitrogens with one attached hydrogen (secondary N) is 1. The van der Waals surface area contributed by atoms with E-state index in [1.54, 1.807) is 10.9 Å². The fourth-order valence-electron chi connectivity index (χ4n) is 2.22. The predicted molar refractivity (Wildman–Crippen MR) is 79.6 cm³/mol. The molecule has 0 aliphatic carbocycles. The van der Waals surface area contributed by atoms with Crippen LogP contribution in [0.1, 0.15) is 35.0 Å². The van der Waals surface area contributed by atoms with Gasteiger partial charge in [0.25, 0.3) is 5.91 Å². The van der Waals surface area contributed by atoms with Gasteiger partial charge < -0.3 is 5.32 Å². The summed E-state index contributed by atoms with van der Waals surface area (Å²) in [5.41, 5.74) is 2.71. The van der Waals surface area contributed by atoms with Gasteiger partial charge in [0.15, 0.2) is 0 Å². The fraction of sp³-hybridized carbons (Fsp3) is 0.375. The second kappa shape index (κ2) is 6.37. The largest absolute Gasteiger partial charge is 0.349 e. The molecule has 1 aromatic heterocycles. The van der Waals surface area contributed by atoms with Crippen LogP contribution in [0.4, 0.5) is 0 Å². The molecule has 0 saturated heterocycles. The van der Waals surface area contributed by atoms with Crippen molar-refractivity contribution in [2.45, 2.75) is 32.7 Å². The SMILES string of the molecule is Cc1nn(C)cc1C(=O)NC(C)CCc1ccccc1. The highest BCUT2D eigenvalue weighted by atomic mass is 16.1. The number of benzene rings is 1. The number of carbonyl (C=O) groups is 1. The van der Waals surface area contributed by atoms with Crippen LogP contribution >= 0.6 is 0 Å². The molecule has 0 fully saturated rings. The first-order chi connectivity index (χ1) is 9.56. The van der Waals surface area contributed by atoms with E-state index in [1.165, 1.54) is 5.56 Å². The molecular formula is C16H21N3O. The molecule has 0 radical (unpaired) electrons. The summed E-state index contributed by atoms with van der Waals surface area (Å²) in [6, 6.07) is 10.5. The van der Waals surface area contributed by atoms with Crippen molar-refractivity contribution in [2.75, 3.05) is 0 Å². The lowest BCUT2D eigenvalue weighted by molar-refractivity contribution is 0.0938. The maximum atomic E-state index is 12.1. The Morgan fingerprint density at radius 2 is 2.05 bits per heavy atom. The molecule has 0 bridgehead atoms. The summed E-state index contributed by atoms with van der Waals surface area (Å²) in [6.45, 7) is 3.89. The van der Waals surface area contributed by atoms with Gasteiger partial charge in [0, 0.05) is 19.3 Å². The van der Waals surface area contributed by atoms with Gasteiger partial charge in [-0.15, -0.1) is 0 Å². The zero-order chi connectivity index (χ0) is 14.5. The minimum atomic E-state index is -0.0452. The van der Waals surface area contributed by atoms with Crippen LogP contribution in [0.2, 0.25) is 0 Å². The quantitative estimate of drug-likeness (QED) is 0.908. The van der Waals surface area contributed by atoms with E-state index in [1.807, 2.05) is 39.1 Å². The van der Waals surface area contributed by atoms with E-state index >= 15 is 0 Å². The van der Waals surface area contributed by atoms with Crippen molar-refractivity contribution < 1.29 is 4.79 Å². The number of nitrogens with zero attached hydrogens (tertiary/aromatic N) is 2. The molecule has 1 unspecified atom stereocenters. The standard InChI is InChI=1S/C16H21N3O/c1-12(9-10-14-7-5-4-6-8-14)17-16(20)15-11-19(3)18-13(15)2/h4-8,11-12H,9-10H2,1-3H3,(H,17,20). The number of aryl methyl sites for hydroxylation is 3. The molecule has 1 N–H and O–H groups in total. The van der Waals surface area contributed by atoms with Gasteiger partial charge in [-0.1, -0.05) is 30.3 Å². The van der Waals surface area contributed by atoms with E-state index in [0.29, 0.717) is 5.56 Å². The molecule has 106 valence electrons. The topological polar surface area (TPSA) is 46.9 Å². The fourth-order valence-corrected chi connectivity index (χ4v) is 2.22. The summed E-state index contributed by atoms with van der Waals surface area (Å²) < 4.78 is 1.67. The summed E-state index contributed by atoms with van der Waals surface area (Å²) in [4.78, 5) is 12.1. The Morgan fingerprint density at radius 1 is 1.35 bits per heavy atom. The second-order valence-corrected chi connectivity index (χ2v) is 5.20. The number of carbonyl (C=O) groups excluding carboxylic acids is 1. The van der Waals surface area contributed by atoms with Crippen LogP contribution in [0.25, 0.3) is 0 Å². The first-order valence-electron chi connectivity index (χ1n) is 6.91. The molecule has 0 aliphatic rings. The Labute approximate surface area is 119 Å². The van der Waals surface area contributed by atoms with Gasteiger partial charge >= 0.3 is 0 Å². The molecule has 0 saturated carbocycles. The van der Waals surface area contributed by atoms with E-state index in [-0.39, 0.29) is 11.9 Å². The maximum Gasteiger partial charge on any atom is 0.254 e. The summed E-state index contributed by atoms with van der Waals surface area (Å²) >= 11 is 0. The summed E-state index contributed by atoms with van der Waals surface area (Å²) in [5.74, 6) is -0.0452. The molecule has 2 aromatic rings. The molecule has 1 aromatic carbocycles. The molecule has 4 nitrogen and oxygen atoms in total. The van der Waals surface area contributed by atoms with E-state index < -0.39 is 0 Å². The van der Waals surface area contributed by atoms with Crippen LogP contribution in [0.3, 0.4) is 0 Å². The third-order valence-corrected chi connectivity index (χ3v) is 3.34. The van der Waals surface area contributed by atoms with Crippen LogP contribution in [0, 0.1) is 6.92 Å². The normalized spacial score (nSPS) is 12.2. The number of hydrogen-bond acceptors (Lipinski definition) is 2. The smallest absolute Gasteiger partial charge is 0.254 e. The van der Waals surface area contributed by atoms with Gasteiger partial charge in [0.05, 0.1) is 11.3 Å². The van der Waals surface area contributed by atoms with Crippen molar-refractivity contribution in [1.82, 2.24) is 15.1 Å². The average Bonchev–Trinajstić information content (AvgIpc) is 2.77. The van der Waals surface area contributed by atoms with Crippen LogP contribution in [0.5, 0.6) is 0 Å². The third kappa shape index (κ3) is 3.70. The number of rotatable bonds is 5. The highest BCUT2D eigenvalue weighted by molar-refractivity contribution is 5.95. The minimum Gasteiger partial charge on any atom is -0.349 e. The Bertz CT molecular complexity index is 575. The molecule has 0 aliphatic heterocycles. The van der Waals surface area contributed by atoms with Gasteiger partial charge in [0.1, 0.15) is 0 Å². The molecule has 1 amide bonds. The lowest BCUT2D eigenvalue weighted by atomic mass is 10.1. The third-order valence-electron chi connectivity index (χ3n) is 3.34. The van der Waals surface area contributed by atoms with Crippen molar-refractivity contribution in [3.8, 4) is 0 Å². The summed E-state index contributed by atoms with van der Waals surface area (Å²) in [6.07, 6.45) is 3.65. The molecule has 0 spiro atoms. The molecule has 1 atom stereocenters. The van der Waals surface area contributed by atoms with Gasteiger partial charge in [0.2, 0.25) is 0 Å². The van der Waals surface area contributed by atoms with E-state index in [4.69, 9.17) is 0 Å². The van der Waals surface area contributed by atoms with Crippen LogP contribution in [-0.2, 0) is 13.5 Å². The maximum absolute atomic E-state index is 12.1. The highest BCUT2D eigenvalue weighted by Gasteiger charge is 2.14. The van der Waals surface area contributed by atoms with Crippen molar-refractivity contribution in [1.29, 1.82) is 0 Å². The van der Waals surface area contributed by atoms with Gasteiger partial charge in [-0.05, 0) is 32.3 Å². The van der Waals surface area contributed by atoms with Crippen LogP contribution < -0.4 is 5.32 Å². The first-order valence-corrected chi connectivity index (χ1v) is 6.91. The van der Waals surface area contributed by atoms with Gasteiger partial charge in [-0.2, -0.15) is 5.10 Å². The Hall–Kier alpha value is -2.10.